The first kappa shape index (κ1) is 11.9. The molecule has 18 heavy (non-hydrogen) atoms. The van der Waals surface area contributed by atoms with Gasteiger partial charge in [0.05, 0.1) is 0 Å². The quantitative estimate of drug-likeness (QED) is 0.873. The first-order chi connectivity index (χ1) is 8.75. The van der Waals surface area contributed by atoms with E-state index in [4.69, 9.17) is 0 Å². The molecule has 94 valence electrons. The van der Waals surface area contributed by atoms with E-state index in [1.807, 2.05) is 11.3 Å². The van der Waals surface area contributed by atoms with Crippen LogP contribution in [0.2, 0.25) is 0 Å². The van der Waals surface area contributed by atoms with Crippen LogP contribution in [0.5, 0.6) is 0 Å². The van der Waals surface area contributed by atoms with E-state index in [1.54, 1.807) is 0 Å². The fraction of sp³-hybridized carbons (Fsp3) is 0.375. The predicted octanol–water partition coefficient (Wildman–Crippen LogP) is 3.97. The minimum Gasteiger partial charge on any atom is -0.319 e. The zero-order valence-corrected chi connectivity index (χ0v) is 11.8. The van der Waals surface area contributed by atoms with Crippen LogP contribution in [0.1, 0.15) is 24.0 Å². The standard InChI is InChI=1S/C16H19NS/c1-12-5-3-4-6-14(12)15-9-13(10-18-15)16(7-8-16)11-17-2/h3-6,9-10,17H,7-8,11H2,1-2H3. The van der Waals surface area contributed by atoms with Gasteiger partial charge in [-0.2, -0.15) is 0 Å². The number of thiophene rings is 1. The third-order valence-corrected chi connectivity index (χ3v) is 4.95. The zero-order valence-electron chi connectivity index (χ0n) is 11.0. The van der Waals surface area contributed by atoms with Gasteiger partial charge in [-0.3, -0.25) is 0 Å². The van der Waals surface area contributed by atoms with Crippen molar-refractivity contribution >= 4 is 11.3 Å². The molecule has 0 aliphatic heterocycles. The molecule has 1 aromatic carbocycles. The van der Waals surface area contributed by atoms with Crippen molar-refractivity contribution < 1.29 is 0 Å². The fourth-order valence-corrected chi connectivity index (χ4v) is 3.78. The Morgan fingerprint density at radius 3 is 2.72 bits per heavy atom. The van der Waals surface area contributed by atoms with Gasteiger partial charge in [0.1, 0.15) is 0 Å². The van der Waals surface area contributed by atoms with Crippen molar-refractivity contribution in [2.45, 2.75) is 25.2 Å². The van der Waals surface area contributed by atoms with E-state index in [0.29, 0.717) is 5.41 Å². The third-order valence-electron chi connectivity index (χ3n) is 3.99. The summed E-state index contributed by atoms with van der Waals surface area (Å²) in [4.78, 5) is 1.41. The van der Waals surface area contributed by atoms with Gasteiger partial charge in [-0.25, -0.2) is 0 Å². The molecule has 1 aliphatic rings. The zero-order chi connectivity index (χ0) is 12.6. The maximum absolute atomic E-state index is 3.33. The summed E-state index contributed by atoms with van der Waals surface area (Å²) in [5.74, 6) is 0. The fourth-order valence-electron chi connectivity index (χ4n) is 2.66. The van der Waals surface area contributed by atoms with Crippen LogP contribution in [0.25, 0.3) is 10.4 Å². The second-order valence-corrected chi connectivity index (χ2v) is 6.24. The first-order valence-corrected chi connectivity index (χ1v) is 7.43. The molecule has 2 heteroatoms. The highest BCUT2D eigenvalue weighted by molar-refractivity contribution is 7.13. The smallest absolute Gasteiger partial charge is 0.0348 e. The van der Waals surface area contributed by atoms with Crippen LogP contribution in [-0.4, -0.2) is 13.6 Å². The Morgan fingerprint density at radius 1 is 1.28 bits per heavy atom. The van der Waals surface area contributed by atoms with Gasteiger partial charge < -0.3 is 5.32 Å². The summed E-state index contributed by atoms with van der Waals surface area (Å²) in [6, 6.07) is 11.0. The molecule has 3 rings (SSSR count). The highest BCUT2D eigenvalue weighted by Crippen LogP contribution is 2.49. The maximum Gasteiger partial charge on any atom is 0.0348 e. The average molecular weight is 257 g/mol. The van der Waals surface area contributed by atoms with E-state index in [0.717, 1.165) is 6.54 Å². The Hall–Kier alpha value is -1.12. The van der Waals surface area contributed by atoms with Gasteiger partial charge in [0, 0.05) is 16.8 Å². The lowest BCUT2D eigenvalue weighted by molar-refractivity contribution is 0.626. The summed E-state index contributed by atoms with van der Waals surface area (Å²) in [6.07, 6.45) is 2.66. The Kier molecular flexibility index (Phi) is 3.00. The van der Waals surface area contributed by atoms with Crippen LogP contribution in [0.15, 0.2) is 35.7 Å². The van der Waals surface area contributed by atoms with Gasteiger partial charge >= 0.3 is 0 Å². The molecule has 1 heterocycles. The van der Waals surface area contributed by atoms with E-state index in [-0.39, 0.29) is 0 Å². The van der Waals surface area contributed by atoms with Gasteiger partial charge in [-0.05, 0) is 54.9 Å². The van der Waals surface area contributed by atoms with Gasteiger partial charge in [0.2, 0.25) is 0 Å². The molecule has 0 bridgehead atoms. The van der Waals surface area contributed by atoms with Crippen LogP contribution in [0, 0.1) is 6.92 Å². The van der Waals surface area contributed by atoms with E-state index < -0.39 is 0 Å². The van der Waals surface area contributed by atoms with Crippen LogP contribution >= 0.6 is 11.3 Å². The van der Waals surface area contributed by atoms with Crippen LogP contribution in [0.3, 0.4) is 0 Å². The second kappa shape index (κ2) is 4.52. The lowest BCUT2D eigenvalue weighted by Gasteiger charge is -2.12. The molecule has 1 saturated carbocycles. The number of likely N-dealkylation sites (N-methyl/N-ethyl adjacent to an activating group) is 1. The second-order valence-electron chi connectivity index (χ2n) is 5.33. The molecule has 1 fully saturated rings. The van der Waals surface area contributed by atoms with Gasteiger partial charge in [0.15, 0.2) is 0 Å². The number of rotatable bonds is 4. The number of hydrogen-bond donors (Lipinski definition) is 1. The number of hydrogen-bond acceptors (Lipinski definition) is 2. The summed E-state index contributed by atoms with van der Waals surface area (Å²) in [6.45, 7) is 3.30. The molecule has 1 aliphatic carbocycles. The van der Waals surface area contributed by atoms with Crippen molar-refractivity contribution in [3.63, 3.8) is 0 Å². The van der Waals surface area contributed by atoms with Crippen molar-refractivity contribution in [1.29, 1.82) is 0 Å². The van der Waals surface area contributed by atoms with Crippen molar-refractivity contribution in [3.8, 4) is 10.4 Å². The molecular formula is C16H19NS. The molecular weight excluding hydrogens is 238 g/mol. The van der Waals surface area contributed by atoms with E-state index in [1.165, 1.54) is 34.4 Å². The normalized spacial score (nSPS) is 16.8. The molecule has 1 N–H and O–H groups in total. The largest absolute Gasteiger partial charge is 0.319 e. The molecule has 0 unspecified atom stereocenters. The van der Waals surface area contributed by atoms with Crippen molar-refractivity contribution in [3.05, 3.63) is 46.8 Å². The first-order valence-electron chi connectivity index (χ1n) is 6.55. The van der Waals surface area contributed by atoms with Gasteiger partial charge in [0.25, 0.3) is 0 Å². The number of benzene rings is 1. The Labute approximate surface area is 113 Å². The molecule has 0 radical (unpaired) electrons. The Balaban J connectivity index is 1.93. The molecule has 0 atom stereocenters. The van der Waals surface area contributed by atoms with E-state index >= 15 is 0 Å². The lowest BCUT2D eigenvalue weighted by atomic mass is 9.97. The molecule has 1 nitrogen and oxygen atoms in total. The van der Waals surface area contributed by atoms with E-state index in [9.17, 15) is 0 Å². The SMILES string of the molecule is CNCC1(c2csc(-c3ccccc3C)c2)CC1. The lowest BCUT2D eigenvalue weighted by Crippen LogP contribution is -2.22. The van der Waals surface area contributed by atoms with Gasteiger partial charge in [-0.15, -0.1) is 11.3 Å². The average Bonchev–Trinajstić information content (AvgIpc) is 2.99. The topological polar surface area (TPSA) is 12.0 Å². The summed E-state index contributed by atoms with van der Waals surface area (Å²) < 4.78 is 0. The Bertz CT molecular complexity index is 552. The van der Waals surface area contributed by atoms with Crippen molar-refractivity contribution in [2.24, 2.45) is 0 Å². The maximum atomic E-state index is 3.33. The van der Waals surface area contributed by atoms with E-state index in [2.05, 4.69) is 55.0 Å². The summed E-state index contributed by atoms with van der Waals surface area (Å²) in [5, 5.41) is 5.69. The minimum absolute atomic E-state index is 0.437. The van der Waals surface area contributed by atoms with Crippen LogP contribution < -0.4 is 5.32 Å². The number of nitrogens with one attached hydrogen (secondary N) is 1. The van der Waals surface area contributed by atoms with Crippen molar-refractivity contribution in [2.75, 3.05) is 13.6 Å². The van der Waals surface area contributed by atoms with Gasteiger partial charge in [-0.1, -0.05) is 24.3 Å². The third kappa shape index (κ3) is 2.00. The molecule has 0 amide bonds. The molecule has 0 spiro atoms. The molecule has 1 aromatic heterocycles. The van der Waals surface area contributed by atoms with Crippen LogP contribution in [0.4, 0.5) is 0 Å². The predicted molar refractivity (Wildman–Crippen MR) is 79.3 cm³/mol. The molecule has 0 saturated heterocycles. The van der Waals surface area contributed by atoms with Crippen LogP contribution in [-0.2, 0) is 5.41 Å². The Morgan fingerprint density at radius 2 is 2.06 bits per heavy atom. The highest BCUT2D eigenvalue weighted by Gasteiger charge is 2.44. The number of aryl methyl sites for hydroxylation is 1. The summed E-state index contributed by atoms with van der Waals surface area (Å²) in [5.41, 5.74) is 4.71. The monoisotopic (exact) mass is 257 g/mol. The summed E-state index contributed by atoms with van der Waals surface area (Å²) in [7, 11) is 2.05. The summed E-state index contributed by atoms with van der Waals surface area (Å²) >= 11 is 1.88. The highest BCUT2D eigenvalue weighted by atomic mass is 32.1. The van der Waals surface area contributed by atoms with Crippen molar-refractivity contribution in [1.82, 2.24) is 5.32 Å². The minimum atomic E-state index is 0.437. The molecule has 2 aromatic rings.